The molecular formula is C5H10GeO3. The summed E-state index contributed by atoms with van der Waals surface area (Å²) in [5, 5.41) is 0. The Labute approximate surface area is 65.7 Å². The van der Waals surface area contributed by atoms with Gasteiger partial charge in [-0.25, -0.2) is 4.79 Å². The number of carbonyl (C=O) groups excluding carboxylic acids is 1. The van der Waals surface area contributed by atoms with Crippen molar-refractivity contribution in [3.63, 3.8) is 0 Å². The number of rotatable bonds is 2. The molecule has 0 N–H and O–H groups in total. The van der Waals surface area contributed by atoms with Crippen molar-refractivity contribution in [2.24, 2.45) is 0 Å². The quantitative estimate of drug-likeness (QED) is 0.478. The predicted octanol–water partition coefficient (Wildman–Crippen LogP) is 0.799. The molecular weight excluding hydrogens is 181 g/mol. The van der Waals surface area contributed by atoms with E-state index in [0.29, 0.717) is 13.2 Å². The first-order valence-corrected chi connectivity index (χ1v) is 2.60. The van der Waals surface area contributed by atoms with E-state index in [0.717, 1.165) is 0 Å². The third kappa shape index (κ3) is 7.81. The molecule has 0 atom stereocenters. The van der Waals surface area contributed by atoms with Gasteiger partial charge in [0.15, 0.2) is 0 Å². The van der Waals surface area contributed by atoms with Crippen LogP contribution in [0.15, 0.2) is 0 Å². The van der Waals surface area contributed by atoms with Crippen LogP contribution >= 0.6 is 0 Å². The largest absolute Gasteiger partial charge is 0.508 e. The van der Waals surface area contributed by atoms with Gasteiger partial charge in [-0.05, 0) is 13.8 Å². The average Bonchev–Trinajstić information content (AvgIpc) is 1.68. The van der Waals surface area contributed by atoms with Gasteiger partial charge in [-0.15, -0.1) is 0 Å². The first-order chi connectivity index (χ1) is 3.81. The summed E-state index contributed by atoms with van der Waals surface area (Å²) in [7, 11) is 0. The molecule has 4 heteroatoms. The predicted molar refractivity (Wildman–Crippen MR) is 34.4 cm³/mol. The number of hydrogen-bond donors (Lipinski definition) is 0. The Kier molecular flexibility index (Phi) is 10.1. The molecule has 0 aliphatic heterocycles. The number of ether oxygens (including phenoxy) is 2. The zero-order valence-electron chi connectivity index (χ0n) is 5.64. The van der Waals surface area contributed by atoms with Crippen molar-refractivity contribution >= 4 is 23.8 Å². The van der Waals surface area contributed by atoms with Gasteiger partial charge >= 0.3 is 6.16 Å². The molecule has 0 aromatic heterocycles. The molecule has 0 saturated heterocycles. The fourth-order valence-electron chi connectivity index (χ4n) is 0.277. The van der Waals surface area contributed by atoms with Crippen molar-refractivity contribution < 1.29 is 14.3 Å². The van der Waals surface area contributed by atoms with Gasteiger partial charge in [-0.1, -0.05) is 0 Å². The van der Waals surface area contributed by atoms with Gasteiger partial charge in [-0.3, -0.25) is 0 Å². The zero-order valence-corrected chi connectivity index (χ0v) is 7.74. The van der Waals surface area contributed by atoms with Crippen LogP contribution in [0.1, 0.15) is 13.8 Å². The van der Waals surface area contributed by atoms with Crippen LogP contribution in [0.2, 0.25) is 0 Å². The van der Waals surface area contributed by atoms with Crippen molar-refractivity contribution in [3.05, 3.63) is 0 Å². The van der Waals surface area contributed by atoms with Crippen molar-refractivity contribution in [2.75, 3.05) is 13.2 Å². The molecule has 0 unspecified atom stereocenters. The minimum Gasteiger partial charge on any atom is -0.435 e. The van der Waals surface area contributed by atoms with Crippen LogP contribution in [0.25, 0.3) is 0 Å². The van der Waals surface area contributed by atoms with Gasteiger partial charge in [0.25, 0.3) is 0 Å². The fourth-order valence-corrected chi connectivity index (χ4v) is 0.277. The minimum absolute atomic E-state index is 0. The van der Waals surface area contributed by atoms with Crippen LogP contribution in [0.4, 0.5) is 4.79 Å². The summed E-state index contributed by atoms with van der Waals surface area (Å²) in [5.41, 5.74) is 0. The standard InChI is InChI=1S/C5H10O3.Ge/c1-3-7-5(6)8-4-2;/h3-4H2,1-2H3;. The molecule has 0 rings (SSSR count). The minimum atomic E-state index is -0.588. The molecule has 0 fully saturated rings. The van der Waals surface area contributed by atoms with Crippen LogP contribution < -0.4 is 0 Å². The molecule has 0 aliphatic rings. The second-order valence-electron chi connectivity index (χ2n) is 1.12. The SMILES string of the molecule is CCOC(=O)OCC.[Ge]. The van der Waals surface area contributed by atoms with Gasteiger partial charge in [0, 0.05) is 17.6 Å². The summed E-state index contributed by atoms with van der Waals surface area (Å²) in [6.45, 7) is 4.21. The molecule has 0 heterocycles. The van der Waals surface area contributed by atoms with Gasteiger partial charge < -0.3 is 9.47 Å². The van der Waals surface area contributed by atoms with Crippen LogP contribution in [0.5, 0.6) is 0 Å². The Morgan fingerprint density at radius 2 is 1.56 bits per heavy atom. The van der Waals surface area contributed by atoms with E-state index >= 15 is 0 Å². The second kappa shape index (κ2) is 7.81. The normalized spacial score (nSPS) is 7.33. The van der Waals surface area contributed by atoms with Crippen molar-refractivity contribution in [2.45, 2.75) is 13.8 Å². The molecule has 52 valence electrons. The number of carbonyl (C=O) groups is 1. The van der Waals surface area contributed by atoms with Gasteiger partial charge in [0.2, 0.25) is 0 Å². The van der Waals surface area contributed by atoms with E-state index in [4.69, 9.17) is 0 Å². The van der Waals surface area contributed by atoms with E-state index < -0.39 is 6.16 Å². The third-order valence-electron chi connectivity index (χ3n) is 0.524. The van der Waals surface area contributed by atoms with Gasteiger partial charge in [-0.2, -0.15) is 0 Å². The van der Waals surface area contributed by atoms with Crippen LogP contribution in [0.3, 0.4) is 0 Å². The number of hydrogen-bond acceptors (Lipinski definition) is 3. The Balaban J connectivity index is 0. The smallest absolute Gasteiger partial charge is 0.435 e. The third-order valence-corrected chi connectivity index (χ3v) is 0.524. The van der Waals surface area contributed by atoms with Gasteiger partial charge in [0.05, 0.1) is 13.2 Å². The Morgan fingerprint density at radius 3 is 1.78 bits per heavy atom. The topological polar surface area (TPSA) is 35.5 Å². The Morgan fingerprint density at radius 1 is 1.22 bits per heavy atom. The zero-order chi connectivity index (χ0) is 6.41. The first kappa shape index (κ1) is 11.6. The Hall–Kier alpha value is -0.187. The summed E-state index contributed by atoms with van der Waals surface area (Å²) < 4.78 is 8.84. The van der Waals surface area contributed by atoms with Crippen LogP contribution in [-0.2, 0) is 9.47 Å². The van der Waals surface area contributed by atoms with E-state index in [2.05, 4.69) is 9.47 Å². The van der Waals surface area contributed by atoms with Crippen molar-refractivity contribution in [1.82, 2.24) is 0 Å². The van der Waals surface area contributed by atoms with Crippen molar-refractivity contribution in [3.8, 4) is 0 Å². The maximum Gasteiger partial charge on any atom is 0.508 e. The van der Waals surface area contributed by atoms with E-state index in [9.17, 15) is 4.79 Å². The van der Waals surface area contributed by atoms with E-state index in [-0.39, 0.29) is 17.6 Å². The molecule has 0 aromatic carbocycles. The molecule has 0 amide bonds. The molecule has 0 spiro atoms. The second-order valence-corrected chi connectivity index (χ2v) is 1.12. The average molecular weight is 191 g/mol. The molecule has 0 aliphatic carbocycles. The maximum absolute atomic E-state index is 10.2. The van der Waals surface area contributed by atoms with Crippen LogP contribution in [-0.4, -0.2) is 37.0 Å². The molecule has 0 bridgehead atoms. The van der Waals surface area contributed by atoms with Crippen LogP contribution in [0, 0.1) is 0 Å². The molecule has 4 radical (unpaired) electrons. The monoisotopic (exact) mass is 192 g/mol. The molecule has 0 saturated carbocycles. The fraction of sp³-hybridized carbons (Fsp3) is 0.800. The molecule has 3 nitrogen and oxygen atoms in total. The summed E-state index contributed by atoms with van der Waals surface area (Å²) >= 11 is 0. The maximum atomic E-state index is 10.2. The van der Waals surface area contributed by atoms with Gasteiger partial charge in [0.1, 0.15) is 0 Å². The summed E-state index contributed by atoms with van der Waals surface area (Å²) in [5.74, 6) is 0. The summed E-state index contributed by atoms with van der Waals surface area (Å²) in [4.78, 5) is 10.2. The van der Waals surface area contributed by atoms with E-state index in [1.807, 2.05) is 0 Å². The first-order valence-electron chi connectivity index (χ1n) is 2.60. The molecule has 0 aromatic rings. The summed E-state index contributed by atoms with van der Waals surface area (Å²) in [6.07, 6.45) is -0.588. The summed E-state index contributed by atoms with van der Waals surface area (Å²) in [6, 6.07) is 0. The molecule has 9 heavy (non-hydrogen) atoms. The Bertz CT molecular complexity index is 66.6. The van der Waals surface area contributed by atoms with E-state index in [1.165, 1.54) is 0 Å². The van der Waals surface area contributed by atoms with E-state index in [1.54, 1.807) is 13.8 Å². The van der Waals surface area contributed by atoms with Crippen molar-refractivity contribution in [1.29, 1.82) is 0 Å².